The predicted molar refractivity (Wildman–Crippen MR) is 84.9 cm³/mol. The molecule has 0 aromatic heterocycles. The molecule has 0 amide bonds. The van der Waals surface area contributed by atoms with Gasteiger partial charge in [-0.15, -0.1) is 0 Å². The third kappa shape index (κ3) is 1.73. The molecule has 0 unspecified atom stereocenters. The maximum atomic E-state index is 10.8. The molecule has 0 saturated heterocycles. The number of hydrogen-bond acceptors (Lipinski definition) is 3. The summed E-state index contributed by atoms with van der Waals surface area (Å²) in [4.78, 5) is 0. The summed E-state index contributed by atoms with van der Waals surface area (Å²) >= 11 is 0. The van der Waals surface area contributed by atoms with E-state index in [1.54, 1.807) is 0 Å². The van der Waals surface area contributed by atoms with Gasteiger partial charge in [-0.25, -0.2) is 0 Å². The fourth-order valence-electron chi connectivity index (χ4n) is 5.66. The van der Waals surface area contributed by atoms with Gasteiger partial charge in [-0.3, -0.25) is 0 Å². The highest BCUT2D eigenvalue weighted by Gasteiger charge is 2.58. The van der Waals surface area contributed by atoms with Crippen molar-refractivity contribution in [2.24, 2.45) is 28.6 Å². The van der Waals surface area contributed by atoms with E-state index in [9.17, 15) is 15.3 Å². The number of aliphatic hydroxyl groups excluding tert-OH is 3. The number of aliphatic hydroxyl groups is 3. The first kappa shape index (κ1) is 14.7. The molecule has 0 aromatic rings. The van der Waals surface area contributed by atoms with Gasteiger partial charge in [-0.05, 0) is 37.0 Å². The zero-order valence-electron chi connectivity index (χ0n) is 13.3. The summed E-state index contributed by atoms with van der Waals surface area (Å²) < 4.78 is 0. The summed E-state index contributed by atoms with van der Waals surface area (Å²) in [6.07, 6.45) is 11.4. The Morgan fingerprint density at radius 1 is 1.09 bits per heavy atom. The van der Waals surface area contributed by atoms with Crippen molar-refractivity contribution < 1.29 is 15.3 Å². The predicted octanol–water partition coefficient (Wildman–Crippen LogP) is 2.19. The Morgan fingerprint density at radius 3 is 2.64 bits per heavy atom. The Morgan fingerprint density at radius 2 is 1.86 bits per heavy atom. The Bertz CT molecular complexity index is 577. The lowest BCUT2D eigenvalue weighted by Crippen LogP contribution is -2.54. The second-order valence-corrected chi connectivity index (χ2v) is 8.18. The van der Waals surface area contributed by atoms with Crippen molar-refractivity contribution in [2.75, 3.05) is 0 Å². The van der Waals surface area contributed by atoms with Crippen molar-refractivity contribution in [3.63, 3.8) is 0 Å². The molecule has 4 rings (SSSR count). The molecule has 1 saturated carbocycles. The molecule has 22 heavy (non-hydrogen) atoms. The number of rotatable bonds is 0. The van der Waals surface area contributed by atoms with E-state index >= 15 is 0 Å². The van der Waals surface area contributed by atoms with Crippen LogP contribution < -0.4 is 0 Å². The Balaban J connectivity index is 1.78. The minimum Gasteiger partial charge on any atom is -0.389 e. The van der Waals surface area contributed by atoms with E-state index in [1.165, 1.54) is 5.57 Å². The fraction of sp³-hybridized carbons (Fsp3) is 0.684. The maximum absolute atomic E-state index is 10.8. The normalized spacial score (nSPS) is 56.1. The van der Waals surface area contributed by atoms with Gasteiger partial charge in [-0.1, -0.05) is 49.8 Å². The average Bonchev–Trinajstić information content (AvgIpc) is 2.77. The van der Waals surface area contributed by atoms with E-state index < -0.39 is 18.3 Å². The Labute approximate surface area is 132 Å². The SMILES string of the molecule is C[C@]12CC[C@H]3[C@@H]([C@@H](O)C=C4C[C@@H](O)C=C[C@@]43C)[C@@H]1C=C[C@@H]2O. The lowest BCUT2D eigenvalue weighted by atomic mass is 9.48. The van der Waals surface area contributed by atoms with Crippen molar-refractivity contribution in [3.05, 3.63) is 36.0 Å². The highest BCUT2D eigenvalue weighted by Crippen LogP contribution is 2.62. The highest BCUT2D eigenvalue weighted by atomic mass is 16.3. The molecule has 120 valence electrons. The zero-order chi connectivity index (χ0) is 15.7. The van der Waals surface area contributed by atoms with Crippen LogP contribution in [0, 0.1) is 28.6 Å². The Kier molecular flexibility index (Phi) is 3.04. The van der Waals surface area contributed by atoms with Gasteiger partial charge in [0.05, 0.1) is 18.3 Å². The van der Waals surface area contributed by atoms with Gasteiger partial charge < -0.3 is 15.3 Å². The molecule has 0 spiro atoms. The summed E-state index contributed by atoms with van der Waals surface area (Å²) in [5.41, 5.74) is 0.982. The summed E-state index contributed by atoms with van der Waals surface area (Å²) in [6, 6.07) is 0. The summed E-state index contributed by atoms with van der Waals surface area (Å²) in [6.45, 7) is 4.41. The van der Waals surface area contributed by atoms with Gasteiger partial charge in [0.1, 0.15) is 0 Å². The largest absolute Gasteiger partial charge is 0.389 e. The molecule has 3 N–H and O–H groups in total. The highest BCUT2D eigenvalue weighted by molar-refractivity contribution is 5.35. The molecule has 4 aliphatic carbocycles. The Hall–Kier alpha value is -0.900. The minimum atomic E-state index is -0.480. The molecular weight excluding hydrogens is 276 g/mol. The topological polar surface area (TPSA) is 60.7 Å². The van der Waals surface area contributed by atoms with Crippen molar-refractivity contribution in [3.8, 4) is 0 Å². The average molecular weight is 302 g/mol. The maximum Gasteiger partial charge on any atom is 0.0780 e. The third-order valence-electron chi connectivity index (χ3n) is 7.13. The van der Waals surface area contributed by atoms with Crippen molar-refractivity contribution >= 4 is 0 Å². The van der Waals surface area contributed by atoms with Gasteiger partial charge in [-0.2, -0.15) is 0 Å². The molecule has 0 bridgehead atoms. The second kappa shape index (κ2) is 4.56. The van der Waals surface area contributed by atoms with Crippen LogP contribution in [0.1, 0.15) is 33.1 Å². The van der Waals surface area contributed by atoms with E-state index in [0.29, 0.717) is 12.3 Å². The van der Waals surface area contributed by atoms with Gasteiger partial charge in [0.25, 0.3) is 0 Å². The van der Waals surface area contributed by atoms with Crippen LogP contribution in [-0.2, 0) is 0 Å². The van der Waals surface area contributed by atoms with E-state index in [2.05, 4.69) is 26.0 Å². The molecule has 0 radical (unpaired) electrons. The van der Waals surface area contributed by atoms with Crippen LogP contribution in [0.15, 0.2) is 36.0 Å². The molecule has 4 aliphatic rings. The van der Waals surface area contributed by atoms with E-state index in [0.717, 1.165) is 12.8 Å². The second-order valence-electron chi connectivity index (χ2n) is 8.18. The monoisotopic (exact) mass is 302 g/mol. The molecule has 1 fully saturated rings. The number of allylic oxidation sites excluding steroid dienone is 2. The number of hydrogen-bond donors (Lipinski definition) is 3. The van der Waals surface area contributed by atoms with Crippen LogP contribution in [0.2, 0.25) is 0 Å². The first-order valence-corrected chi connectivity index (χ1v) is 8.49. The molecular formula is C19H26O3. The van der Waals surface area contributed by atoms with Gasteiger partial charge in [0.2, 0.25) is 0 Å². The van der Waals surface area contributed by atoms with Crippen LogP contribution in [0.25, 0.3) is 0 Å². The number of fused-ring (bicyclic) bond motifs is 5. The smallest absolute Gasteiger partial charge is 0.0780 e. The molecule has 8 atom stereocenters. The quantitative estimate of drug-likeness (QED) is 0.601. The van der Waals surface area contributed by atoms with Crippen molar-refractivity contribution in [2.45, 2.75) is 51.4 Å². The van der Waals surface area contributed by atoms with E-state index in [-0.39, 0.29) is 22.7 Å². The first-order chi connectivity index (χ1) is 10.4. The molecule has 3 nitrogen and oxygen atoms in total. The molecule has 3 heteroatoms. The van der Waals surface area contributed by atoms with Crippen molar-refractivity contribution in [1.82, 2.24) is 0 Å². The molecule has 0 aliphatic heterocycles. The van der Waals surface area contributed by atoms with Gasteiger partial charge >= 0.3 is 0 Å². The van der Waals surface area contributed by atoms with Crippen LogP contribution in [-0.4, -0.2) is 33.6 Å². The summed E-state index contributed by atoms with van der Waals surface area (Å²) in [7, 11) is 0. The fourth-order valence-corrected chi connectivity index (χ4v) is 5.66. The summed E-state index contributed by atoms with van der Waals surface area (Å²) in [5.74, 6) is 0.756. The van der Waals surface area contributed by atoms with E-state index in [1.807, 2.05) is 18.2 Å². The van der Waals surface area contributed by atoms with Crippen LogP contribution >= 0.6 is 0 Å². The lowest BCUT2D eigenvalue weighted by Gasteiger charge is -2.57. The van der Waals surface area contributed by atoms with Crippen LogP contribution in [0.3, 0.4) is 0 Å². The lowest BCUT2D eigenvalue weighted by molar-refractivity contribution is -0.0819. The standard InChI is InChI=1S/C19H26O3/c1-18-7-5-12(20)9-11(18)10-15(21)17-13-3-4-16(22)19(13,2)8-6-14(17)18/h3-5,7,10,12-17,20-22H,6,8-9H2,1-2H3/t12-,13-,14-,15-,16-,17-,18-,19-/m0/s1. The molecule has 0 aromatic carbocycles. The zero-order valence-corrected chi connectivity index (χ0v) is 13.3. The van der Waals surface area contributed by atoms with Gasteiger partial charge in [0.15, 0.2) is 0 Å². The van der Waals surface area contributed by atoms with Gasteiger partial charge in [0, 0.05) is 10.8 Å². The summed E-state index contributed by atoms with van der Waals surface area (Å²) in [5, 5.41) is 31.1. The first-order valence-electron chi connectivity index (χ1n) is 8.49. The van der Waals surface area contributed by atoms with Crippen LogP contribution in [0.5, 0.6) is 0 Å². The third-order valence-corrected chi connectivity index (χ3v) is 7.13. The molecule has 0 heterocycles. The van der Waals surface area contributed by atoms with E-state index in [4.69, 9.17) is 0 Å². The minimum absolute atomic E-state index is 0.0637. The van der Waals surface area contributed by atoms with Crippen molar-refractivity contribution in [1.29, 1.82) is 0 Å². The van der Waals surface area contributed by atoms with Crippen LogP contribution in [0.4, 0.5) is 0 Å².